The van der Waals surface area contributed by atoms with Crippen LogP contribution in [0.3, 0.4) is 0 Å². The minimum absolute atomic E-state index is 0.196. The predicted molar refractivity (Wildman–Crippen MR) is 111 cm³/mol. The minimum atomic E-state index is -0.477. The lowest BCUT2D eigenvalue weighted by molar-refractivity contribution is -0.142. The second kappa shape index (κ2) is 10.2. The molecule has 29 heavy (non-hydrogen) atoms. The third-order valence-electron chi connectivity index (χ3n) is 3.82. The van der Waals surface area contributed by atoms with Crippen molar-refractivity contribution < 1.29 is 19.1 Å². The average Bonchev–Trinajstić information content (AvgIpc) is 3.05. The molecule has 0 spiro atoms. The van der Waals surface area contributed by atoms with Gasteiger partial charge < -0.3 is 9.47 Å². The molecule has 0 radical (unpaired) electrons. The van der Waals surface area contributed by atoms with Crippen molar-refractivity contribution in [1.82, 2.24) is 9.97 Å². The summed E-state index contributed by atoms with van der Waals surface area (Å²) in [6, 6.07) is 14.7. The first-order chi connectivity index (χ1) is 14.0. The van der Waals surface area contributed by atoms with Crippen LogP contribution in [0.15, 0.2) is 57.9 Å². The molecule has 0 aliphatic carbocycles. The number of rotatable bonds is 8. The second-order valence-electron chi connectivity index (χ2n) is 6.00. The molecule has 0 aliphatic rings. The standard InChI is InChI=1S/C21H20N2O4S2/c1-3-26-19(24)12-17-14(2)22-21(28-17)29-18-11-7-10-16(23-18)20(25)27-13-15-8-5-4-6-9-15/h4-11H,3,12-13H2,1-2H3. The van der Waals surface area contributed by atoms with E-state index in [-0.39, 0.29) is 24.7 Å². The summed E-state index contributed by atoms with van der Waals surface area (Å²) in [4.78, 5) is 33.7. The smallest absolute Gasteiger partial charge is 0.357 e. The van der Waals surface area contributed by atoms with Crippen molar-refractivity contribution in [3.63, 3.8) is 0 Å². The summed E-state index contributed by atoms with van der Waals surface area (Å²) in [6.07, 6.45) is 0.206. The highest BCUT2D eigenvalue weighted by Crippen LogP contribution is 2.32. The van der Waals surface area contributed by atoms with Crippen LogP contribution in [-0.2, 0) is 27.3 Å². The molecule has 6 nitrogen and oxygen atoms in total. The Kier molecular flexibility index (Phi) is 7.37. The van der Waals surface area contributed by atoms with E-state index < -0.39 is 5.97 Å². The van der Waals surface area contributed by atoms with Gasteiger partial charge in [0.1, 0.15) is 17.3 Å². The number of carbonyl (C=O) groups excluding carboxylic acids is 2. The van der Waals surface area contributed by atoms with Gasteiger partial charge >= 0.3 is 11.9 Å². The van der Waals surface area contributed by atoms with Crippen molar-refractivity contribution in [2.45, 2.75) is 36.2 Å². The fraction of sp³-hybridized carbons (Fsp3) is 0.238. The molecule has 1 aromatic carbocycles. The summed E-state index contributed by atoms with van der Waals surface area (Å²) in [6.45, 7) is 4.19. The fourth-order valence-electron chi connectivity index (χ4n) is 2.42. The van der Waals surface area contributed by atoms with Gasteiger partial charge in [-0.15, -0.1) is 11.3 Å². The first-order valence-electron chi connectivity index (χ1n) is 9.03. The molecule has 8 heteroatoms. The van der Waals surface area contributed by atoms with Crippen LogP contribution in [0.25, 0.3) is 0 Å². The van der Waals surface area contributed by atoms with Gasteiger partial charge in [0, 0.05) is 4.88 Å². The van der Waals surface area contributed by atoms with Crippen LogP contribution >= 0.6 is 23.1 Å². The van der Waals surface area contributed by atoms with E-state index >= 15 is 0 Å². The zero-order valence-electron chi connectivity index (χ0n) is 16.1. The number of aromatic nitrogens is 2. The van der Waals surface area contributed by atoms with E-state index in [0.29, 0.717) is 11.6 Å². The largest absolute Gasteiger partial charge is 0.466 e. The maximum absolute atomic E-state index is 12.3. The van der Waals surface area contributed by atoms with Crippen LogP contribution in [0.4, 0.5) is 0 Å². The maximum Gasteiger partial charge on any atom is 0.357 e. The van der Waals surface area contributed by atoms with Crippen molar-refractivity contribution >= 4 is 35.0 Å². The average molecular weight is 429 g/mol. The Morgan fingerprint density at radius 3 is 2.59 bits per heavy atom. The quantitative estimate of drug-likeness (QED) is 0.490. The Morgan fingerprint density at radius 2 is 1.83 bits per heavy atom. The summed E-state index contributed by atoms with van der Waals surface area (Å²) in [5.41, 5.74) is 1.95. The number of thiazole rings is 1. The Hall–Kier alpha value is -2.71. The zero-order chi connectivity index (χ0) is 20.6. The van der Waals surface area contributed by atoms with Crippen LogP contribution in [0.5, 0.6) is 0 Å². The van der Waals surface area contributed by atoms with Crippen LogP contribution in [-0.4, -0.2) is 28.5 Å². The Labute approximate surface area is 177 Å². The molecule has 0 aliphatic heterocycles. The molecule has 0 saturated heterocycles. The molecule has 0 N–H and O–H groups in total. The summed E-state index contributed by atoms with van der Waals surface area (Å²) >= 11 is 2.77. The van der Waals surface area contributed by atoms with E-state index in [1.807, 2.05) is 37.3 Å². The van der Waals surface area contributed by atoms with E-state index in [1.54, 1.807) is 25.1 Å². The van der Waals surface area contributed by atoms with Gasteiger partial charge in [0.2, 0.25) is 0 Å². The van der Waals surface area contributed by atoms with Crippen LogP contribution < -0.4 is 0 Å². The second-order valence-corrected chi connectivity index (χ2v) is 8.35. The Balaban J connectivity index is 1.64. The van der Waals surface area contributed by atoms with Gasteiger partial charge in [-0.05, 0) is 43.3 Å². The molecule has 0 bridgehead atoms. The van der Waals surface area contributed by atoms with Crippen molar-refractivity contribution in [1.29, 1.82) is 0 Å². The van der Waals surface area contributed by atoms with E-state index in [2.05, 4.69) is 9.97 Å². The minimum Gasteiger partial charge on any atom is -0.466 e. The fourth-order valence-corrected chi connectivity index (χ4v) is 4.58. The molecule has 2 aromatic heterocycles. The van der Waals surface area contributed by atoms with Crippen molar-refractivity contribution in [3.05, 3.63) is 70.4 Å². The van der Waals surface area contributed by atoms with Gasteiger partial charge in [-0.2, -0.15) is 0 Å². The van der Waals surface area contributed by atoms with Gasteiger partial charge in [0.25, 0.3) is 0 Å². The van der Waals surface area contributed by atoms with Crippen LogP contribution in [0.2, 0.25) is 0 Å². The molecule has 0 unspecified atom stereocenters. The lowest BCUT2D eigenvalue weighted by Crippen LogP contribution is -2.07. The molecule has 0 fully saturated rings. The summed E-state index contributed by atoms with van der Waals surface area (Å²) in [5, 5.41) is 0.635. The molecule has 0 saturated carbocycles. The number of benzene rings is 1. The number of hydrogen-bond donors (Lipinski definition) is 0. The number of nitrogens with zero attached hydrogens (tertiary/aromatic N) is 2. The highest BCUT2D eigenvalue weighted by atomic mass is 32.2. The van der Waals surface area contributed by atoms with Crippen molar-refractivity contribution in [2.24, 2.45) is 0 Å². The highest BCUT2D eigenvalue weighted by Gasteiger charge is 2.15. The zero-order valence-corrected chi connectivity index (χ0v) is 17.7. The van der Waals surface area contributed by atoms with Crippen LogP contribution in [0.1, 0.15) is 33.5 Å². The number of hydrogen-bond acceptors (Lipinski definition) is 8. The highest BCUT2D eigenvalue weighted by molar-refractivity contribution is 8.01. The van der Waals surface area contributed by atoms with Gasteiger partial charge in [-0.25, -0.2) is 14.8 Å². The van der Waals surface area contributed by atoms with E-state index in [9.17, 15) is 9.59 Å². The number of pyridine rings is 1. The monoisotopic (exact) mass is 428 g/mol. The van der Waals surface area contributed by atoms with E-state index in [1.165, 1.54) is 23.1 Å². The molecule has 0 amide bonds. The number of esters is 2. The van der Waals surface area contributed by atoms with Crippen molar-refractivity contribution in [2.75, 3.05) is 6.61 Å². The number of ether oxygens (including phenoxy) is 2. The normalized spacial score (nSPS) is 10.6. The van der Waals surface area contributed by atoms with Crippen LogP contribution in [0, 0.1) is 6.92 Å². The van der Waals surface area contributed by atoms with Gasteiger partial charge in [-0.1, -0.05) is 36.4 Å². The van der Waals surface area contributed by atoms with E-state index in [0.717, 1.165) is 20.5 Å². The van der Waals surface area contributed by atoms with E-state index in [4.69, 9.17) is 9.47 Å². The molecular formula is C21H20N2O4S2. The summed E-state index contributed by atoms with van der Waals surface area (Å²) in [7, 11) is 0. The Morgan fingerprint density at radius 1 is 1.03 bits per heavy atom. The predicted octanol–water partition coefficient (Wildman–Crippen LogP) is 4.46. The first-order valence-corrected chi connectivity index (χ1v) is 10.7. The molecule has 2 heterocycles. The molecule has 3 rings (SSSR count). The number of carbonyl (C=O) groups is 2. The lowest BCUT2D eigenvalue weighted by Gasteiger charge is -2.05. The molecule has 3 aromatic rings. The summed E-state index contributed by atoms with van der Waals surface area (Å²) < 4.78 is 11.1. The SMILES string of the molecule is CCOC(=O)Cc1sc(Sc2cccc(C(=O)OCc3ccccc3)n2)nc1C. The first kappa shape index (κ1) is 21.0. The molecular weight excluding hydrogens is 408 g/mol. The van der Waals surface area contributed by atoms with Gasteiger partial charge in [0.05, 0.1) is 18.7 Å². The molecule has 0 atom stereocenters. The third-order valence-corrected chi connectivity index (χ3v) is 5.98. The summed E-state index contributed by atoms with van der Waals surface area (Å²) in [5.74, 6) is -0.744. The lowest BCUT2D eigenvalue weighted by atomic mass is 10.2. The van der Waals surface area contributed by atoms with Crippen molar-refractivity contribution in [3.8, 4) is 0 Å². The van der Waals surface area contributed by atoms with Gasteiger partial charge in [-0.3, -0.25) is 4.79 Å². The number of aryl methyl sites for hydroxylation is 1. The maximum atomic E-state index is 12.3. The molecule has 150 valence electrons. The topological polar surface area (TPSA) is 78.4 Å². The van der Waals surface area contributed by atoms with Gasteiger partial charge in [0.15, 0.2) is 4.34 Å². The third kappa shape index (κ3) is 6.13. The Bertz CT molecular complexity index is 989.